The average molecular weight is 1310 g/mol. The van der Waals surface area contributed by atoms with Crippen LogP contribution in [0.2, 0.25) is 0 Å². The van der Waals surface area contributed by atoms with E-state index in [1.165, 1.54) is 218 Å². The number of carbonyl (C=O) groups excluding carboxylic acids is 2. The number of allylic oxidation sites excluding steroid dienone is 15. The van der Waals surface area contributed by atoms with Crippen LogP contribution in [0.1, 0.15) is 361 Å². The molecule has 0 aromatic carbocycles. The van der Waals surface area contributed by atoms with Crippen molar-refractivity contribution in [3.8, 4) is 0 Å². The van der Waals surface area contributed by atoms with Gasteiger partial charge in [0, 0.05) is 12.8 Å². The van der Waals surface area contributed by atoms with E-state index in [0.29, 0.717) is 17.4 Å². The molecule has 2 N–H and O–H groups in total. The van der Waals surface area contributed by atoms with Gasteiger partial charge >= 0.3 is 13.8 Å². The minimum Gasteiger partial charge on any atom is -0.456 e. The summed E-state index contributed by atoms with van der Waals surface area (Å²) in [5, 5.41) is 3.08. The number of unbranched alkanes of at least 4 members (excludes halogenated alkanes) is 41. The minimum absolute atomic E-state index is 0.0366. The quantitative estimate of drug-likeness (QED) is 0.0205. The fourth-order valence-electron chi connectivity index (χ4n) is 11.3. The summed E-state index contributed by atoms with van der Waals surface area (Å²) in [6, 6.07) is -0.857. The number of nitrogens with one attached hydrogen (secondary N) is 1. The predicted octanol–water partition coefficient (Wildman–Crippen LogP) is 25.4. The highest BCUT2D eigenvalue weighted by Crippen LogP contribution is 2.43. The number of esters is 1. The van der Waals surface area contributed by atoms with Crippen LogP contribution in [0.25, 0.3) is 0 Å². The van der Waals surface area contributed by atoms with E-state index in [0.717, 1.165) is 109 Å². The number of likely N-dealkylation sites (N-methyl/N-ethyl adjacent to an activating group) is 1. The molecule has 3 atom stereocenters. The molecule has 0 aromatic rings. The smallest absolute Gasteiger partial charge is 0.456 e. The van der Waals surface area contributed by atoms with E-state index in [1.54, 1.807) is 0 Å². The zero-order chi connectivity index (χ0) is 67.0. The molecule has 0 aromatic heterocycles. The van der Waals surface area contributed by atoms with Crippen LogP contribution in [0.5, 0.6) is 0 Å². The van der Waals surface area contributed by atoms with Crippen molar-refractivity contribution in [1.29, 1.82) is 0 Å². The molecule has 0 saturated heterocycles. The van der Waals surface area contributed by atoms with Crippen molar-refractivity contribution in [2.75, 3.05) is 40.9 Å². The normalized spacial score (nSPS) is 13.9. The number of rotatable bonds is 71. The van der Waals surface area contributed by atoms with Gasteiger partial charge in [-0.1, -0.05) is 337 Å². The van der Waals surface area contributed by atoms with Crippen LogP contribution in [0, 0.1) is 0 Å². The number of carbonyl (C=O) groups is 2. The summed E-state index contributed by atoms with van der Waals surface area (Å²) in [5.41, 5.74) is 0. The van der Waals surface area contributed by atoms with Gasteiger partial charge in [0.2, 0.25) is 5.91 Å². The first-order valence-corrected chi connectivity index (χ1v) is 40.6. The number of phosphoric ester groups is 1. The molecule has 9 nitrogen and oxygen atoms in total. The van der Waals surface area contributed by atoms with Gasteiger partial charge in [-0.15, -0.1) is 0 Å². The van der Waals surface area contributed by atoms with Gasteiger partial charge in [-0.3, -0.25) is 18.6 Å². The third-order valence-corrected chi connectivity index (χ3v) is 18.2. The van der Waals surface area contributed by atoms with Crippen molar-refractivity contribution in [2.45, 2.75) is 373 Å². The summed E-state index contributed by atoms with van der Waals surface area (Å²) in [5.74, 6) is -0.505. The van der Waals surface area contributed by atoms with Crippen LogP contribution in [0.15, 0.2) is 97.2 Å². The lowest BCUT2D eigenvalue weighted by Gasteiger charge is -2.27. The fraction of sp³-hybridized carbons (Fsp3) is 0.780. The van der Waals surface area contributed by atoms with Gasteiger partial charge in [-0.25, -0.2) is 4.57 Å². The maximum absolute atomic E-state index is 13.7. The Morgan fingerprint density at radius 3 is 1.05 bits per heavy atom. The third kappa shape index (κ3) is 71.2. The van der Waals surface area contributed by atoms with E-state index in [4.69, 9.17) is 13.8 Å². The van der Waals surface area contributed by atoms with E-state index < -0.39 is 20.0 Å². The van der Waals surface area contributed by atoms with Crippen LogP contribution >= 0.6 is 7.82 Å². The van der Waals surface area contributed by atoms with Crippen molar-refractivity contribution in [1.82, 2.24) is 5.32 Å². The Kier molecular flexibility index (Phi) is 68.4. The van der Waals surface area contributed by atoms with Crippen LogP contribution in [0.3, 0.4) is 0 Å². The first-order chi connectivity index (χ1) is 44.9. The number of ether oxygens (including phenoxy) is 1. The molecule has 0 saturated carbocycles. The zero-order valence-electron chi connectivity index (χ0n) is 61.3. The van der Waals surface area contributed by atoms with Gasteiger partial charge in [0.1, 0.15) is 19.3 Å². The van der Waals surface area contributed by atoms with Gasteiger partial charge in [0.15, 0.2) is 0 Å². The van der Waals surface area contributed by atoms with Gasteiger partial charge in [-0.2, -0.15) is 0 Å². The maximum Gasteiger partial charge on any atom is 0.472 e. The number of phosphoric acid groups is 1. The second-order valence-electron chi connectivity index (χ2n) is 27.5. The lowest BCUT2D eigenvalue weighted by Crippen LogP contribution is -2.47. The SMILES string of the molecule is CC/C=C\C/C=C\C/C=C\C/C=C\C/C=C\C/C=C\CCCCCCCCCCC(=O)OC(/C=C/CCCCCCCCCCCC)C(COP(=O)(O)OCC[N+](C)(C)C)NC(=O)CCCCCCCCCCCCCCCCCCC/C=C/CCCCCCCC. The zero-order valence-corrected chi connectivity index (χ0v) is 62.2. The van der Waals surface area contributed by atoms with E-state index in [9.17, 15) is 19.0 Å². The lowest BCUT2D eigenvalue weighted by atomic mass is 10.0. The summed E-state index contributed by atoms with van der Waals surface area (Å²) < 4.78 is 30.9. The Balaban J connectivity index is 4.96. The van der Waals surface area contributed by atoms with Gasteiger partial charge in [0.25, 0.3) is 0 Å². The molecular weight excluding hydrogens is 1160 g/mol. The second-order valence-corrected chi connectivity index (χ2v) is 29.0. The molecule has 0 fully saturated rings. The maximum atomic E-state index is 13.7. The summed E-state index contributed by atoms with van der Waals surface area (Å²) in [6.07, 6.45) is 97.2. The number of amides is 1. The Bertz CT molecular complexity index is 1900. The van der Waals surface area contributed by atoms with E-state index >= 15 is 0 Å². The number of hydrogen-bond donors (Lipinski definition) is 2. The highest BCUT2D eigenvalue weighted by atomic mass is 31.2. The minimum atomic E-state index is -4.46. The number of hydrogen-bond acceptors (Lipinski definition) is 6. The first kappa shape index (κ1) is 88.9. The van der Waals surface area contributed by atoms with Crippen molar-refractivity contribution in [2.24, 2.45) is 0 Å². The van der Waals surface area contributed by atoms with Crippen molar-refractivity contribution < 1.29 is 37.3 Å². The Morgan fingerprint density at radius 1 is 0.391 bits per heavy atom. The molecule has 0 aliphatic heterocycles. The van der Waals surface area contributed by atoms with Crippen LogP contribution in [-0.2, 0) is 27.9 Å². The number of quaternary nitrogens is 1. The molecule has 0 heterocycles. The third-order valence-electron chi connectivity index (χ3n) is 17.3. The molecule has 1 amide bonds. The average Bonchev–Trinajstić information content (AvgIpc) is 3.72. The molecule has 0 radical (unpaired) electrons. The molecule has 0 rings (SSSR count). The molecule has 10 heteroatoms. The molecule has 0 aliphatic rings. The summed E-state index contributed by atoms with van der Waals surface area (Å²) in [7, 11) is 1.49. The summed E-state index contributed by atoms with van der Waals surface area (Å²) in [4.78, 5) is 38.0. The topological polar surface area (TPSA) is 111 Å². The lowest BCUT2D eigenvalue weighted by molar-refractivity contribution is -0.870. The fourth-order valence-corrected chi connectivity index (χ4v) is 12.0. The monoisotopic (exact) mass is 1310 g/mol. The van der Waals surface area contributed by atoms with Crippen molar-refractivity contribution in [3.63, 3.8) is 0 Å². The molecule has 0 spiro atoms. The van der Waals surface area contributed by atoms with E-state index in [1.807, 2.05) is 33.3 Å². The Morgan fingerprint density at radius 2 is 0.696 bits per heavy atom. The standard InChI is InChI=1S/C82H149N2O7P/c1-7-10-13-16-19-22-25-28-30-32-34-36-38-40-42-44-46-48-50-52-54-56-59-62-65-68-71-74-81(85)83-79(78-90-92(87,88)89-77-76-84(4,5)6)80(73-70-67-64-61-58-27-24-21-18-15-12-9-3)91-82(86)75-72-69-66-63-60-57-55-53-51-49-47-45-43-41-39-37-35-33-31-29-26-23-20-17-14-11-8-2/h11,14,20,23,28-31,35,37,41,43,47,49,70,73,79-80H,7-10,12-13,15-19,21-22,24-27,32-34,36,38-40,42,44-46,48,50-69,71-72,74-78H2,1-6H3,(H-,83,85,87,88)/p+1/b14-11-,23-20-,30-28+,31-29-,37-35-,43-41-,49-47-,73-70+. The van der Waals surface area contributed by atoms with Crippen molar-refractivity contribution in [3.05, 3.63) is 97.2 Å². The van der Waals surface area contributed by atoms with Crippen LogP contribution in [0.4, 0.5) is 0 Å². The summed E-state index contributed by atoms with van der Waals surface area (Å²) in [6.45, 7) is 6.93. The van der Waals surface area contributed by atoms with E-state index in [2.05, 4.69) is 111 Å². The molecular formula is C82H150N2O7P+. The van der Waals surface area contributed by atoms with Crippen molar-refractivity contribution >= 4 is 19.7 Å². The van der Waals surface area contributed by atoms with Gasteiger partial charge in [-0.05, 0) is 109 Å². The molecule has 534 valence electrons. The van der Waals surface area contributed by atoms with Crippen LogP contribution < -0.4 is 5.32 Å². The first-order valence-electron chi connectivity index (χ1n) is 39.1. The second kappa shape index (κ2) is 70.7. The predicted molar refractivity (Wildman–Crippen MR) is 401 cm³/mol. The largest absolute Gasteiger partial charge is 0.472 e. The van der Waals surface area contributed by atoms with Crippen LogP contribution in [-0.4, -0.2) is 74.3 Å². The molecule has 0 bridgehead atoms. The Labute approximate surface area is 570 Å². The van der Waals surface area contributed by atoms with Gasteiger partial charge in [0.05, 0.1) is 33.8 Å². The molecule has 0 aliphatic carbocycles. The molecule has 92 heavy (non-hydrogen) atoms. The Hall–Kier alpha value is -3.07. The molecule has 3 unspecified atom stereocenters. The van der Waals surface area contributed by atoms with Gasteiger partial charge < -0.3 is 19.4 Å². The summed E-state index contributed by atoms with van der Waals surface area (Å²) >= 11 is 0. The number of nitrogens with zero attached hydrogens (tertiary/aromatic N) is 1. The van der Waals surface area contributed by atoms with E-state index in [-0.39, 0.29) is 31.5 Å². The highest BCUT2D eigenvalue weighted by molar-refractivity contribution is 7.47. The highest BCUT2D eigenvalue weighted by Gasteiger charge is 2.30.